The molecule has 0 N–H and O–H groups in total. The van der Waals surface area contributed by atoms with E-state index in [9.17, 15) is 0 Å². The van der Waals surface area contributed by atoms with Gasteiger partial charge in [-0.3, -0.25) is 0 Å². The summed E-state index contributed by atoms with van der Waals surface area (Å²) in [6, 6.07) is 20.5. The van der Waals surface area contributed by atoms with Gasteiger partial charge < -0.3 is 8.83 Å². The minimum absolute atomic E-state index is 0.625. The van der Waals surface area contributed by atoms with Crippen molar-refractivity contribution in [3.05, 3.63) is 95.4 Å². The molecule has 0 spiro atoms. The summed E-state index contributed by atoms with van der Waals surface area (Å²) in [6.45, 7) is 4.11. The largest absolute Gasteiger partial charge is 0.445 e. The van der Waals surface area contributed by atoms with Crippen LogP contribution in [-0.2, 0) is 0 Å². The predicted molar refractivity (Wildman–Crippen MR) is 120 cm³/mol. The normalized spacial score (nSPS) is 11.5. The van der Waals surface area contributed by atoms with Gasteiger partial charge in [-0.1, -0.05) is 48.0 Å². The van der Waals surface area contributed by atoms with E-state index in [0.29, 0.717) is 11.8 Å². The molecule has 0 bridgehead atoms. The van der Waals surface area contributed by atoms with Crippen molar-refractivity contribution in [3.8, 4) is 22.9 Å². The minimum Gasteiger partial charge on any atom is -0.445 e. The van der Waals surface area contributed by atoms with E-state index in [1.54, 1.807) is 12.5 Å². The van der Waals surface area contributed by atoms with Crippen LogP contribution in [-0.4, -0.2) is 9.97 Å². The number of aromatic nitrogens is 2. The maximum Gasteiger partial charge on any atom is 0.227 e. The zero-order valence-electron chi connectivity index (χ0n) is 16.8. The third-order valence-corrected chi connectivity index (χ3v) is 5.03. The first-order valence-corrected chi connectivity index (χ1v) is 9.82. The quantitative estimate of drug-likeness (QED) is 0.311. The molecule has 4 nitrogen and oxygen atoms in total. The van der Waals surface area contributed by atoms with E-state index in [1.807, 2.05) is 30.3 Å². The average Bonchev–Trinajstić information content (AvgIpc) is 3.43. The molecule has 0 aliphatic carbocycles. The highest BCUT2D eigenvalue weighted by molar-refractivity contribution is 5.80. The van der Waals surface area contributed by atoms with Gasteiger partial charge in [0.15, 0.2) is 5.58 Å². The second kappa shape index (κ2) is 7.48. The van der Waals surface area contributed by atoms with Crippen LogP contribution in [0.2, 0.25) is 0 Å². The molecule has 5 aromatic rings. The number of hydrogen-bond acceptors (Lipinski definition) is 4. The summed E-state index contributed by atoms with van der Waals surface area (Å²) < 4.78 is 11.4. The van der Waals surface area contributed by atoms with Gasteiger partial charge in [0.2, 0.25) is 11.8 Å². The van der Waals surface area contributed by atoms with Crippen molar-refractivity contribution < 1.29 is 8.83 Å². The van der Waals surface area contributed by atoms with Crippen LogP contribution in [0.1, 0.15) is 22.3 Å². The second-order valence-electron chi connectivity index (χ2n) is 7.37. The highest BCUT2D eigenvalue weighted by Gasteiger charge is 2.09. The maximum absolute atomic E-state index is 5.90. The molecule has 0 saturated carbocycles. The van der Waals surface area contributed by atoms with Gasteiger partial charge >= 0.3 is 0 Å². The Balaban J connectivity index is 1.42. The Morgan fingerprint density at radius 3 is 2.40 bits per heavy atom. The number of aryl methyl sites for hydroxylation is 2. The number of oxazole rings is 2. The first kappa shape index (κ1) is 18.1. The molecular formula is C26H20N2O2. The molecule has 5 rings (SSSR count). The number of benzene rings is 3. The third kappa shape index (κ3) is 3.55. The van der Waals surface area contributed by atoms with Crippen LogP contribution in [0.25, 0.3) is 46.2 Å². The summed E-state index contributed by atoms with van der Waals surface area (Å²) in [5, 5.41) is 0. The summed E-state index contributed by atoms with van der Waals surface area (Å²) in [4.78, 5) is 8.91. The number of rotatable bonds is 4. The van der Waals surface area contributed by atoms with Gasteiger partial charge in [0.1, 0.15) is 11.8 Å². The Morgan fingerprint density at radius 1 is 0.800 bits per heavy atom. The molecule has 0 aliphatic heterocycles. The van der Waals surface area contributed by atoms with Crippen LogP contribution in [0, 0.1) is 13.8 Å². The molecule has 146 valence electrons. The van der Waals surface area contributed by atoms with Crippen LogP contribution >= 0.6 is 0 Å². The van der Waals surface area contributed by atoms with Crippen LogP contribution in [0.4, 0.5) is 0 Å². The molecule has 0 radical (unpaired) electrons. The fourth-order valence-corrected chi connectivity index (χ4v) is 3.44. The molecule has 0 amide bonds. The minimum atomic E-state index is 0.625. The fourth-order valence-electron chi connectivity index (χ4n) is 3.44. The van der Waals surface area contributed by atoms with Crippen LogP contribution in [0.15, 0.2) is 82.0 Å². The Morgan fingerprint density at radius 2 is 1.60 bits per heavy atom. The lowest BCUT2D eigenvalue weighted by Crippen LogP contribution is -1.85. The van der Waals surface area contributed by atoms with Crippen LogP contribution in [0.5, 0.6) is 0 Å². The van der Waals surface area contributed by atoms with Crippen molar-refractivity contribution in [1.82, 2.24) is 9.97 Å². The van der Waals surface area contributed by atoms with Gasteiger partial charge in [-0.05, 0) is 60.9 Å². The lowest BCUT2D eigenvalue weighted by atomic mass is 10.0. The van der Waals surface area contributed by atoms with Gasteiger partial charge in [-0.25, -0.2) is 9.97 Å². The highest BCUT2D eigenvalue weighted by Crippen LogP contribution is 2.27. The molecule has 0 fully saturated rings. The predicted octanol–water partition coefficient (Wildman–Crippen LogP) is 6.94. The zero-order chi connectivity index (χ0) is 20.5. The Labute approximate surface area is 174 Å². The highest BCUT2D eigenvalue weighted by atomic mass is 16.3. The first-order chi connectivity index (χ1) is 14.7. The van der Waals surface area contributed by atoms with E-state index in [-0.39, 0.29) is 0 Å². The monoisotopic (exact) mass is 392 g/mol. The van der Waals surface area contributed by atoms with Crippen molar-refractivity contribution in [2.45, 2.75) is 13.8 Å². The van der Waals surface area contributed by atoms with E-state index in [0.717, 1.165) is 33.4 Å². The topological polar surface area (TPSA) is 52.1 Å². The van der Waals surface area contributed by atoms with E-state index in [2.05, 4.69) is 66.3 Å². The molecule has 0 aliphatic rings. The zero-order valence-corrected chi connectivity index (χ0v) is 16.8. The maximum atomic E-state index is 5.90. The van der Waals surface area contributed by atoms with Crippen molar-refractivity contribution in [2.75, 3.05) is 0 Å². The van der Waals surface area contributed by atoms with Crippen molar-refractivity contribution in [3.63, 3.8) is 0 Å². The molecule has 2 heterocycles. The molecule has 3 aromatic carbocycles. The Bertz CT molecular complexity index is 1340. The van der Waals surface area contributed by atoms with Crippen molar-refractivity contribution in [2.24, 2.45) is 0 Å². The summed E-state index contributed by atoms with van der Waals surface area (Å²) in [7, 11) is 0. The first-order valence-electron chi connectivity index (χ1n) is 9.82. The standard InChI is InChI=1S/C26H20N2O2/c1-17-3-8-20(22(15-17)26-27-13-14-29-26)9-5-19-6-10-21(11-7-19)25-28-23-16-18(2)4-12-24(23)30-25/h3-16H,1-2H3. The van der Waals surface area contributed by atoms with Gasteiger partial charge in [-0.2, -0.15) is 0 Å². The fraction of sp³-hybridized carbons (Fsp3) is 0.0769. The van der Waals surface area contributed by atoms with Gasteiger partial charge in [-0.15, -0.1) is 0 Å². The lowest BCUT2D eigenvalue weighted by molar-refractivity contribution is 0.574. The third-order valence-electron chi connectivity index (χ3n) is 5.03. The smallest absolute Gasteiger partial charge is 0.227 e. The number of fused-ring (bicyclic) bond motifs is 1. The summed E-state index contributed by atoms with van der Waals surface area (Å²) in [5.74, 6) is 1.26. The van der Waals surface area contributed by atoms with E-state index in [1.165, 1.54) is 11.1 Å². The van der Waals surface area contributed by atoms with Gasteiger partial charge in [0, 0.05) is 11.1 Å². The van der Waals surface area contributed by atoms with E-state index >= 15 is 0 Å². The Hall–Kier alpha value is -3.92. The molecule has 4 heteroatoms. The second-order valence-corrected chi connectivity index (χ2v) is 7.37. The molecule has 0 saturated heterocycles. The molecule has 30 heavy (non-hydrogen) atoms. The van der Waals surface area contributed by atoms with Crippen molar-refractivity contribution in [1.29, 1.82) is 0 Å². The number of nitrogens with zero attached hydrogens (tertiary/aromatic N) is 2. The molecular weight excluding hydrogens is 372 g/mol. The van der Waals surface area contributed by atoms with Gasteiger partial charge in [0.05, 0.1) is 6.20 Å². The molecule has 0 atom stereocenters. The summed E-state index contributed by atoms with van der Waals surface area (Å²) in [6.07, 6.45) is 7.42. The van der Waals surface area contributed by atoms with E-state index < -0.39 is 0 Å². The van der Waals surface area contributed by atoms with E-state index in [4.69, 9.17) is 8.83 Å². The summed E-state index contributed by atoms with van der Waals surface area (Å²) in [5.41, 5.74) is 8.10. The number of hydrogen-bond donors (Lipinski definition) is 0. The van der Waals surface area contributed by atoms with Gasteiger partial charge in [0.25, 0.3) is 0 Å². The van der Waals surface area contributed by atoms with Crippen LogP contribution in [0.3, 0.4) is 0 Å². The summed E-state index contributed by atoms with van der Waals surface area (Å²) >= 11 is 0. The Kier molecular flexibility index (Phi) is 4.52. The molecule has 0 unspecified atom stereocenters. The SMILES string of the molecule is Cc1ccc(C=Cc2ccc(-c3nc4cc(C)ccc4o3)cc2)c(-c2ncco2)c1. The lowest BCUT2D eigenvalue weighted by Gasteiger charge is -2.04. The van der Waals surface area contributed by atoms with Crippen molar-refractivity contribution >= 4 is 23.3 Å². The molecule has 2 aromatic heterocycles. The average molecular weight is 392 g/mol. The van der Waals surface area contributed by atoms with Crippen LogP contribution < -0.4 is 0 Å².